The number of primary amides is 1. The third kappa shape index (κ3) is 3.48. The average Bonchev–Trinajstić information content (AvgIpc) is 2.76. The van der Waals surface area contributed by atoms with Crippen LogP contribution in [-0.4, -0.2) is 36.6 Å². The second kappa shape index (κ2) is 6.22. The fraction of sp³-hybridized carbons (Fsp3) is 0.462. The van der Waals surface area contributed by atoms with E-state index in [1.165, 1.54) is 0 Å². The molecule has 6 heteroatoms. The molecule has 1 aliphatic heterocycles. The first-order valence-corrected chi connectivity index (χ1v) is 7.18. The van der Waals surface area contributed by atoms with Gasteiger partial charge in [0.15, 0.2) is 0 Å². The quantitative estimate of drug-likeness (QED) is 0.908. The normalized spacial score (nSPS) is 23.7. The van der Waals surface area contributed by atoms with E-state index in [0.717, 1.165) is 10.0 Å². The van der Waals surface area contributed by atoms with Gasteiger partial charge in [-0.1, -0.05) is 33.6 Å². The number of methoxy groups -OCH3 is 1. The van der Waals surface area contributed by atoms with E-state index in [1.54, 1.807) is 7.11 Å². The van der Waals surface area contributed by atoms with Gasteiger partial charge in [0.05, 0.1) is 12.1 Å². The molecule has 1 fully saturated rings. The Morgan fingerprint density at radius 2 is 2.37 bits per heavy atom. The van der Waals surface area contributed by atoms with Crippen LogP contribution in [-0.2, 0) is 16.1 Å². The lowest BCUT2D eigenvalue weighted by atomic mass is 10.1. The number of likely N-dealkylation sites (tertiary alicyclic amines) is 1. The van der Waals surface area contributed by atoms with Gasteiger partial charge in [-0.05, 0) is 24.1 Å². The van der Waals surface area contributed by atoms with Crippen LogP contribution in [0.3, 0.4) is 0 Å². The lowest BCUT2D eigenvalue weighted by Crippen LogP contribution is -2.39. The number of ether oxygens (including phenoxy) is 1. The van der Waals surface area contributed by atoms with E-state index < -0.39 is 0 Å². The highest BCUT2D eigenvalue weighted by molar-refractivity contribution is 9.10. The van der Waals surface area contributed by atoms with E-state index >= 15 is 0 Å². The minimum absolute atomic E-state index is 0.0589. The van der Waals surface area contributed by atoms with E-state index in [2.05, 4.69) is 15.9 Å². The maximum Gasteiger partial charge on any atom is 0.234 e. The van der Waals surface area contributed by atoms with Crippen LogP contribution in [0.25, 0.3) is 0 Å². The zero-order chi connectivity index (χ0) is 14.0. The second-order valence-electron chi connectivity index (χ2n) is 4.68. The van der Waals surface area contributed by atoms with Crippen molar-refractivity contribution in [1.82, 2.24) is 4.90 Å². The maximum absolute atomic E-state index is 11.5. The second-order valence-corrected chi connectivity index (χ2v) is 5.97. The Morgan fingerprint density at radius 1 is 1.63 bits per heavy atom. The molecule has 19 heavy (non-hydrogen) atoms. The molecule has 0 saturated carbocycles. The van der Waals surface area contributed by atoms with E-state index in [0.29, 0.717) is 24.5 Å². The molecule has 1 aliphatic rings. The van der Waals surface area contributed by atoms with Crippen molar-refractivity contribution in [3.8, 4) is 0 Å². The molecular formula is C13H16BrClN2O2. The number of nitrogens with two attached hydrogens (primary N) is 1. The number of amides is 1. The van der Waals surface area contributed by atoms with Crippen molar-refractivity contribution in [2.45, 2.75) is 25.1 Å². The van der Waals surface area contributed by atoms with Gasteiger partial charge in [-0.2, -0.15) is 0 Å². The van der Waals surface area contributed by atoms with Crippen LogP contribution in [0.5, 0.6) is 0 Å². The predicted octanol–water partition coefficient (Wildman–Crippen LogP) is 2.18. The van der Waals surface area contributed by atoms with Crippen molar-refractivity contribution in [3.63, 3.8) is 0 Å². The summed E-state index contributed by atoms with van der Waals surface area (Å²) in [6.07, 6.45) is 0.709. The Balaban J connectivity index is 2.14. The summed E-state index contributed by atoms with van der Waals surface area (Å²) >= 11 is 9.41. The van der Waals surface area contributed by atoms with Gasteiger partial charge in [0, 0.05) is 29.7 Å². The van der Waals surface area contributed by atoms with Crippen molar-refractivity contribution < 1.29 is 9.53 Å². The largest absolute Gasteiger partial charge is 0.380 e. The van der Waals surface area contributed by atoms with Crippen molar-refractivity contribution in [2.75, 3.05) is 13.7 Å². The number of carbonyl (C=O) groups excluding carboxylic acids is 1. The third-order valence-electron chi connectivity index (χ3n) is 3.42. The molecule has 0 spiro atoms. The molecule has 1 heterocycles. The maximum atomic E-state index is 11.5. The third-order valence-corrected chi connectivity index (χ3v) is 4.39. The number of carbonyl (C=O) groups is 1. The molecule has 104 valence electrons. The van der Waals surface area contributed by atoms with Gasteiger partial charge in [0.2, 0.25) is 5.91 Å². The van der Waals surface area contributed by atoms with Crippen LogP contribution in [0.15, 0.2) is 22.7 Å². The number of nitrogens with zero attached hydrogens (tertiary/aromatic N) is 1. The standard InChI is InChI=1S/C13H16BrClN2O2/c1-19-10-5-12(13(16)18)17(7-10)6-8-2-3-9(15)4-11(8)14/h2-4,10,12H,5-7H2,1H3,(H2,16,18)/t10-,12-/m0/s1. The molecular weight excluding hydrogens is 332 g/mol. The molecule has 1 amide bonds. The van der Waals surface area contributed by atoms with Crippen LogP contribution >= 0.6 is 27.5 Å². The molecule has 2 atom stereocenters. The summed E-state index contributed by atoms with van der Waals surface area (Å²) in [5.74, 6) is -0.301. The predicted molar refractivity (Wildman–Crippen MR) is 78.0 cm³/mol. The zero-order valence-electron chi connectivity index (χ0n) is 10.6. The van der Waals surface area contributed by atoms with Crippen molar-refractivity contribution in [3.05, 3.63) is 33.3 Å². The molecule has 0 radical (unpaired) electrons. The molecule has 2 rings (SSSR count). The number of hydrogen-bond donors (Lipinski definition) is 1. The number of benzene rings is 1. The van der Waals surface area contributed by atoms with Crippen LogP contribution in [0.2, 0.25) is 5.02 Å². The van der Waals surface area contributed by atoms with E-state index in [9.17, 15) is 4.79 Å². The highest BCUT2D eigenvalue weighted by Gasteiger charge is 2.35. The lowest BCUT2D eigenvalue weighted by molar-refractivity contribution is -0.122. The molecule has 1 aromatic rings. The molecule has 1 saturated heterocycles. The van der Waals surface area contributed by atoms with E-state index in [4.69, 9.17) is 22.1 Å². The molecule has 2 N–H and O–H groups in total. The van der Waals surface area contributed by atoms with Crippen LogP contribution in [0.1, 0.15) is 12.0 Å². The Morgan fingerprint density at radius 3 is 2.95 bits per heavy atom. The van der Waals surface area contributed by atoms with Gasteiger partial charge < -0.3 is 10.5 Å². The summed E-state index contributed by atoms with van der Waals surface area (Å²) in [5, 5.41) is 0.679. The minimum Gasteiger partial charge on any atom is -0.380 e. The van der Waals surface area contributed by atoms with Crippen molar-refractivity contribution in [2.24, 2.45) is 5.73 Å². The molecule has 0 aliphatic carbocycles. The summed E-state index contributed by atoms with van der Waals surface area (Å²) < 4.78 is 6.26. The van der Waals surface area contributed by atoms with E-state index in [1.807, 2.05) is 23.1 Å². The fourth-order valence-corrected chi connectivity index (χ4v) is 3.18. The molecule has 4 nitrogen and oxygen atoms in total. The topological polar surface area (TPSA) is 55.6 Å². The van der Waals surface area contributed by atoms with Crippen molar-refractivity contribution in [1.29, 1.82) is 0 Å². The van der Waals surface area contributed by atoms with Gasteiger partial charge in [-0.3, -0.25) is 9.69 Å². The van der Waals surface area contributed by atoms with Gasteiger partial charge >= 0.3 is 0 Å². The molecule has 0 bridgehead atoms. The summed E-state index contributed by atoms with van der Waals surface area (Å²) in [4.78, 5) is 13.5. The smallest absolute Gasteiger partial charge is 0.234 e. The highest BCUT2D eigenvalue weighted by atomic mass is 79.9. The highest BCUT2D eigenvalue weighted by Crippen LogP contribution is 2.27. The lowest BCUT2D eigenvalue weighted by Gasteiger charge is -2.22. The molecule has 1 aromatic carbocycles. The summed E-state index contributed by atoms with van der Waals surface area (Å²) in [6.45, 7) is 1.35. The van der Waals surface area contributed by atoms with E-state index in [-0.39, 0.29) is 18.1 Å². The van der Waals surface area contributed by atoms with Crippen molar-refractivity contribution >= 4 is 33.4 Å². The summed E-state index contributed by atoms with van der Waals surface area (Å²) in [6, 6.07) is 5.36. The monoisotopic (exact) mass is 346 g/mol. The fourth-order valence-electron chi connectivity index (χ4n) is 2.37. The van der Waals surface area contributed by atoms with Gasteiger partial charge in [-0.25, -0.2) is 0 Å². The van der Waals surface area contributed by atoms with Gasteiger partial charge in [0.1, 0.15) is 0 Å². The summed E-state index contributed by atoms with van der Waals surface area (Å²) in [7, 11) is 1.66. The molecule has 0 aromatic heterocycles. The summed E-state index contributed by atoms with van der Waals surface area (Å²) in [5.41, 5.74) is 6.53. The van der Waals surface area contributed by atoms with Gasteiger partial charge in [-0.15, -0.1) is 0 Å². The number of rotatable bonds is 4. The van der Waals surface area contributed by atoms with Crippen LogP contribution < -0.4 is 5.73 Å². The van der Waals surface area contributed by atoms with Crippen LogP contribution in [0.4, 0.5) is 0 Å². The molecule has 0 unspecified atom stereocenters. The van der Waals surface area contributed by atoms with Gasteiger partial charge in [0.25, 0.3) is 0 Å². The minimum atomic E-state index is -0.301. The zero-order valence-corrected chi connectivity index (χ0v) is 12.9. The van der Waals surface area contributed by atoms with Crippen LogP contribution in [0, 0.1) is 0 Å². The SMILES string of the molecule is CO[C@H]1C[C@@H](C(N)=O)N(Cc2ccc(Cl)cc2Br)C1. The number of halogens is 2. The Labute approximate surface area is 126 Å². The Kier molecular flexibility index (Phi) is 4.84. The Bertz CT molecular complexity index is 484. The first kappa shape index (κ1) is 14.8. The average molecular weight is 348 g/mol. The number of hydrogen-bond acceptors (Lipinski definition) is 3. The first-order chi connectivity index (χ1) is 9.01. The first-order valence-electron chi connectivity index (χ1n) is 6.01. The Hall–Kier alpha value is -0.620.